The van der Waals surface area contributed by atoms with E-state index in [0.717, 1.165) is 51.0 Å². The van der Waals surface area contributed by atoms with Gasteiger partial charge in [-0.05, 0) is 57.5 Å². The van der Waals surface area contributed by atoms with Crippen molar-refractivity contribution in [3.8, 4) is 0 Å². The molecule has 0 amide bonds. The fraction of sp³-hybridized carbons (Fsp3) is 0.947. The standard InChI is InChI=1S/C19H40N4O/c1-4-5-15-24-16-9-12-22-19(20-3)21-11-6-7-13-23-14-8-10-18(2)17-23/h18H,4-17H2,1-3H3,(H2,20,21,22). The summed E-state index contributed by atoms with van der Waals surface area (Å²) in [5.41, 5.74) is 0. The van der Waals surface area contributed by atoms with Crippen LogP contribution in [-0.2, 0) is 4.74 Å². The van der Waals surface area contributed by atoms with Gasteiger partial charge in [0.05, 0.1) is 0 Å². The molecule has 1 aliphatic rings. The molecule has 0 aliphatic carbocycles. The maximum absolute atomic E-state index is 5.56. The fourth-order valence-electron chi connectivity index (χ4n) is 3.11. The summed E-state index contributed by atoms with van der Waals surface area (Å²) in [6, 6.07) is 0. The number of ether oxygens (including phenoxy) is 1. The van der Waals surface area contributed by atoms with Gasteiger partial charge in [-0.25, -0.2) is 0 Å². The number of unbranched alkanes of at least 4 members (excludes halogenated alkanes) is 2. The quantitative estimate of drug-likeness (QED) is 0.326. The zero-order valence-electron chi connectivity index (χ0n) is 16.3. The van der Waals surface area contributed by atoms with Crippen molar-refractivity contribution in [1.29, 1.82) is 0 Å². The molecule has 5 heteroatoms. The van der Waals surface area contributed by atoms with Crippen LogP contribution < -0.4 is 10.6 Å². The average Bonchev–Trinajstić information content (AvgIpc) is 2.59. The average molecular weight is 341 g/mol. The van der Waals surface area contributed by atoms with Crippen LogP contribution in [0.5, 0.6) is 0 Å². The van der Waals surface area contributed by atoms with Crippen molar-refractivity contribution < 1.29 is 4.74 Å². The summed E-state index contributed by atoms with van der Waals surface area (Å²) in [6.07, 6.45) is 8.63. The molecule has 1 atom stereocenters. The molecule has 0 aromatic heterocycles. The van der Waals surface area contributed by atoms with E-state index in [-0.39, 0.29) is 0 Å². The first-order valence-electron chi connectivity index (χ1n) is 10.0. The Bertz CT molecular complexity index is 322. The predicted molar refractivity (Wildman–Crippen MR) is 104 cm³/mol. The normalized spacial score (nSPS) is 19.5. The topological polar surface area (TPSA) is 48.9 Å². The molecule has 1 aliphatic heterocycles. The van der Waals surface area contributed by atoms with Crippen LogP contribution in [0.25, 0.3) is 0 Å². The first kappa shape index (κ1) is 21.2. The smallest absolute Gasteiger partial charge is 0.190 e. The van der Waals surface area contributed by atoms with Crippen molar-refractivity contribution in [2.24, 2.45) is 10.9 Å². The zero-order chi connectivity index (χ0) is 17.5. The van der Waals surface area contributed by atoms with E-state index in [1.807, 2.05) is 7.05 Å². The van der Waals surface area contributed by atoms with Gasteiger partial charge in [-0.15, -0.1) is 0 Å². The summed E-state index contributed by atoms with van der Waals surface area (Å²) < 4.78 is 5.56. The number of guanidine groups is 1. The van der Waals surface area contributed by atoms with Crippen molar-refractivity contribution >= 4 is 5.96 Å². The summed E-state index contributed by atoms with van der Waals surface area (Å²) in [4.78, 5) is 6.90. The number of nitrogens with one attached hydrogen (secondary N) is 2. The Hall–Kier alpha value is -0.810. The summed E-state index contributed by atoms with van der Waals surface area (Å²) in [5.74, 6) is 1.79. The zero-order valence-corrected chi connectivity index (χ0v) is 16.3. The molecule has 1 fully saturated rings. The van der Waals surface area contributed by atoms with Crippen molar-refractivity contribution in [2.75, 3.05) is 53.0 Å². The SMILES string of the molecule is CCCCOCCCNC(=NC)NCCCCN1CCCC(C)C1. The molecule has 0 bridgehead atoms. The molecule has 24 heavy (non-hydrogen) atoms. The highest BCUT2D eigenvalue weighted by Gasteiger charge is 2.15. The molecular formula is C19H40N4O. The molecule has 142 valence electrons. The second-order valence-corrected chi connectivity index (χ2v) is 7.00. The Morgan fingerprint density at radius 1 is 1.12 bits per heavy atom. The third-order valence-corrected chi connectivity index (χ3v) is 4.56. The minimum absolute atomic E-state index is 0.832. The van der Waals surface area contributed by atoms with Gasteiger partial charge >= 0.3 is 0 Å². The van der Waals surface area contributed by atoms with Crippen LogP contribution in [0.4, 0.5) is 0 Å². The molecule has 1 heterocycles. The number of likely N-dealkylation sites (tertiary alicyclic amines) is 1. The fourth-order valence-corrected chi connectivity index (χ4v) is 3.11. The van der Waals surface area contributed by atoms with Crippen molar-refractivity contribution in [3.63, 3.8) is 0 Å². The minimum atomic E-state index is 0.832. The molecule has 5 nitrogen and oxygen atoms in total. The van der Waals surface area contributed by atoms with E-state index in [0.29, 0.717) is 0 Å². The van der Waals surface area contributed by atoms with E-state index in [4.69, 9.17) is 4.74 Å². The largest absolute Gasteiger partial charge is 0.381 e. The molecule has 0 aromatic rings. The first-order valence-corrected chi connectivity index (χ1v) is 10.0. The van der Waals surface area contributed by atoms with Crippen LogP contribution in [0.2, 0.25) is 0 Å². The van der Waals surface area contributed by atoms with Crippen LogP contribution in [0.1, 0.15) is 58.8 Å². The van der Waals surface area contributed by atoms with Crippen LogP contribution in [-0.4, -0.2) is 63.8 Å². The van der Waals surface area contributed by atoms with Crippen LogP contribution in [0.15, 0.2) is 4.99 Å². The van der Waals surface area contributed by atoms with Gasteiger partial charge in [-0.3, -0.25) is 4.99 Å². The van der Waals surface area contributed by atoms with E-state index in [9.17, 15) is 0 Å². The van der Waals surface area contributed by atoms with Gasteiger partial charge in [0.25, 0.3) is 0 Å². The Morgan fingerprint density at radius 3 is 2.58 bits per heavy atom. The summed E-state index contributed by atoms with van der Waals surface area (Å²) in [7, 11) is 1.84. The summed E-state index contributed by atoms with van der Waals surface area (Å²) in [5, 5.41) is 6.76. The molecule has 0 spiro atoms. The van der Waals surface area contributed by atoms with Crippen LogP contribution >= 0.6 is 0 Å². The highest BCUT2D eigenvalue weighted by molar-refractivity contribution is 5.79. The number of nitrogens with zero attached hydrogens (tertiary/aromatic N) is 2. The number of hydrogen-bond acceptors (Lipinski definition) is 3. The number of piperidine rings is 1. The Kier molecular flexibility index (Phi) is 12.9. The van der Waals surface area contributed by atoms with E-state index in [2.05, 4.69) is 34.4 Å². The lowest BCUT2D eigenvalue weighted by atomic mass is 10.0. The van der Waals surface area contributed by atoms with Crippen molar-refractivity contribution in [3.05, 3.63) is 0 Å². The molecule has 0 aromatic carbocycles. The second-order valence-electron chi connectivity index (χ2n) is 7.00. The van der Waals surface area contributed by atoms with Gasteiger partial charge in [-0.2, -0.15) is 0 Å². The van der Waals surface area contributed by atoms with Gasteiger partial charge in [0.1, 0.15) is 0 Å². The lowest BCUT2D eigenvalue weighted by Gasteiger charge is -2.30. The van der Waals surface area contributed by atoms with E-state index in [1.165, 1.54) is 51.7 Å². The number of hydrogen-bond donors (Lipinski definition) is 2. The van der Waals surface area contributed by atoms with Gasteiger partial charge in [0.2, 0.25) is 0 Å². The number of rotatable bonds is 12. The Labute approximate surface area is 149 Å². The highest BCUT2D eigenvalue weighted by atomic mass is 16.5. The van der Waals surface area contributed by atoms with Gasteiger partial charge < -0.3 is 20.3 Å². The van der Waals surface area contributed by atoms with Crippen LogP contribution in [0.3, 0.4) is 0 Å². The third-order valence-electron chi connectivity index (χ3n) is 4.56. The Morgan fingerprint density at radius 2 is 1.88 bits per heavy atom. The second kappa shape index (κ2) is 14.5. The van der Waals surface area contributed by atoms with E-state index < -0.39 is 0 Å². The van der Waals surface area contributed by atoms with E-state index in [1.54, 1.807) is 0 Å². The van der Waals surface area contributed by atoms with Crippen LogP contribution in [0, 0.1) is 5.92 Å². The third kappa shape index (κ3) is 10.9. The molecule has 2 N–H and O–H groups in total. The molecule has 1 saturated heterocycles. The summed E-state index contributed by atoms with van der Waals surface area (Å²) in [6.45, 7) is 12.0. The molecule has 0 saturated carbocycles. The van der Waals surface area contributed by atoms with Crippen molar-refractivity contribution in [2.45, 2.75) is 58.8 Å². The molecule has 0 radical (unpaired) electrons. The molecular weight excluding hydrogens is 300 g/mol. The predicted octanol–water partition coefficient (Wildman–Crippen LogP) is 2.87. The van der Waals surface area contributed by atoms with Gasteiger partial charge in [0, 0.05) is 39.9 Å². The van der Waals surface area contributed by atoms with Crippen molar-refractivity contribution in [1.82, 2.24) is 15.5 Å². The lowest BCUT2D eigenvalue weighted by molar-refractivity contribution is 0.129. The first-order chi connectivity index (χ1) is 11.8. The Balaban J connectivity index is 1.94. The maximum Gasteiger partial charge on any atom is 0.190 e. The van der Waals surface area contributed by atoms with Gasteiger partial charge in [0.15, 0.2) is 5.96 Å². The summed E-state index contributed by atoms with van der Waals surface area (Å²) >= 11 is 0. The monoisotopic (exact) mass is 340 g/mol. The lowest BCUT2D eigenvalue weighted by Crippen LogP contribution is -2.39. The molecule has 1 unspecified atom stereocenters. The van der Waals surface area contributed by atoms with E-state index >= 15 is 0 Å². The molecule has 1 rings (SSSR count). The number of aliphatic imine (C=N–C) groups is 1. The van der Waals surface area contributed by atoms with Gasteiger partial charge in [-0.1, -0.05) is 20.3 Å². The minimum Gasteiger partial charge on any atom is -0.381 e. The highest BCUT2D eigenvalue weighted by Crippen LogP contribution is 2.15. The maximum atomic E-state index is 5.56.